The van der Waals surface area contributed by atoms with E-state index in [1.165, 1.54) is 5.56 Å². The Balaban J connectivity index is 1.42. The van der Waals surface area contributed by atoms with Crippen LogP contribution in [0.2, 0.25) is 0 Å². The van der Waals surface area contributed by atoms with Crippen LogP contribution in [0.1, 0.15) is 15.9 Å². The quantitative estimate of drug-likeness (QED) is 0.516. The van der Waals surface area contributed by atoms with Crippen molar-refractivity contribution in [2.45, 2.75) is 6.92 Å². The second-order valence-corrected chi connectivity index (χ2v) is 7.69. The van der Waals surface area contributed by atoms with Crippen molar-refractivity contribution in [2.75, 3.05) is 31.1 Å². The number of carbonyl (C=O) groups is 1. The van der Waals surface area contributed by atoms with E-state index in [0.29, 0.717) is 18.7 Å². The highest BCUT2D eigenvalue weighted by atomic mass is 16.2. The number of carbonyl (C=O) groups excluding carboxylic acids is 1. The molecule has 1 aliphatic rings. The Hall–Kier alpha value is -3.87. The first-order valence-electron chi connectivity index (χ1n) is 10.4. The van der Waals surface area contributed by atoms with Crippen molar-refractivity contribution in [3.8, 4) is 11.5 Å². The minimum absolute atomic E-state index is 0.00253. The number of piperazine rings is 1. The van der Waals surface area contributed by atoms with Crippen LogP contribution in [0.5, 0.6) is 0 Å². The summed E-state index contributed by atoms with van der Waals surface area (Å²) in [5, 5.41) is 4.58. The van der Waals surface area contributed by atoms with Crippen LogP contribution in [0.4, 0.5) is 5.82 Å². The Morgan fingerprint density at radius 1 is 0.903 bits per heavy atom. The zero-order chi connectivity index (χ0) is 21.2. The van der Waals surface area contributed by atoms with Gasteiger partial charge in [0.2, 0.25) is 0 Å². The third-order valence-electron chi connectivity index (χ3n) is 5.64. The minimum Gasteiger partial charge on any atom is -0.353 e. The molecule has 0 atom stereocenters. The van der Waals surface area contributed by atoms with Crippen molar-refractivity contribution in [2.24, 2.45) is 0 Å². The number of nitrogens with zero attached hydrogens (tertiary/aromatic N) is 6. The molecule has 0 saturated carbocycles. The third kappa shape index (κ3) is 3.70. The maximum absolute atomic E-state index is 13.5. The van der Waals surface area contributed by atoms with Crippen LogP contribution < -0.4 is 4.90 Å². The summed E-state index contributed by atoms with van der Waals surface area (Å²) in [6, 6.07) is 18.0. The molecule has 1 amide bonds. The van der Waals surface area contributed by atoms with Gasteiger partial charge in [-0.1, -0.05) is 23.8 Å². The van der Waals surface area contributed by atoms with E-state index in [1.807, 2.05) is 69.0 Å². The van der Waals surface area contributed by atoms with Gasteiger partial charge in [0.1, 0.15) is 11.4 Å². The summed E-state index contributed by atoms with van der Waals surface area (Å²) < 4.78 is 3.78. The van der Waals surface area contributed by atoms with E-state index >= 15 is 0 Å². The smallest absolute Gasteiger partial charge is 0.259 e. The summed E-state index contributed by atoms with van der Waals surface area (Å²) in [7, 11) is 0. The van der Waals surface area contributed by atoms with Crippen molar-refractivity contribution in [3.05, 3.63) is 90.5 Å². The molecule has 0 unspecified atom stereocenters. The van der Waals surface area contributed by atoms with Crippen LogP contribution in [-0.4, -0.2) is 56.3 Å². The maximum Gasteiger partial charge on any atom is 0.259 e. The van der Waals surface area contributed by atoms with Crippen molar-refractivity contribution in [3.63, 3.8) is 0 Å². The molecule has 7 nitrogen and oxygen atoms in total. The predicted molar refractivity (Wildman–Crippen MR) is 120 cm³/mol. The maximum atomic E-state index is 13.5. The van der Waals surface area contributed by atoms with Gasteiger partial charge >= 0.3 is 0 Å². The van der Waals surface area contributed by atoms with Crippen molar-refractivity contribution < 1.29 is 4.79 Å². The number of aryl methyl sites for hydroxylation is 1. The number of rotatable bonds is 4. The van der Waals surface area contributed by atoms with Gasteiger partial charge in [-0.25, -0.2) is 9.67 Å². The molecule has 156 valence electrons. The van der Waals surface area contributed by atoms with E-state index < -0.39 is 0 Å². The summed E-state index contributed by atoms with van der Waals surface area (Å²) >= 11 is 0. The van der Waals surface area contributed by atoms with Gasteiger partial charge in [-0.05, 0) is 43.3 Å². The molecule has 0 N–H and O–H groups in total. The third-order valence-corrected chi connectivity index (χ3v) is 5.64. The average Bonchev–Trinajstić information content (AvgIpc) is 3.50. The molecule has 1 fully saturated rings. The summed E-state index contributed by atoms with van der Waals surface area (Å²) in [4.78, 5) is 22.0. The lowest BCUT2D eigenvalue weighted by Crippen LogP contribution is -2.49. The molecule has 3 aromatic heterocycles. The van der Waals surface area contributed by atoms with Gasteiger partial charge in [0.15, 0.2) is 5.82 Å². The number of amides is 1. The van der Waals surface area contributed by atoms with Gasteiger partial charge in [-0.3, -0.25) is 4.79 Å². The lowest BCUT2D eigenvalue weighted by Gasteiger charge is -2.35. The first kappa shape index (κ1) is 19.1. The lowest BCUT2D eigenvalue weighted by molar-refractivity contribution is 0.0746. The number of anilines is 1. The van der Waals surface area contributed by atoms with Crippen molar-refractivity contribution in [1.29, 1.82) is 0 Å². The van der Waals surface area contributed by atoms with E-state index in [9.17, 15) is 4.79 Å². The lowest BCUT2D eigenvalue weighted by atomic mass is 10.2. The van der Waals surface area contributed by atoms with Crippen molar-refractivity contribution in [1.82, 2.24) is 24.2 Å². The highest BCUT2D eigenvalue weighted by Gasteiger charge is 2.27. The van der Waals surface area contributed by atoms with E-state index in [4.69, 9.17) is 0 Å². The first-order valence-corrected chi connectivity index (χ1v) is 10.4. The minimum atomic E-state index is 0.00253. The van der Waals surface area contributed by atoms with E-state index in [-0.39, 0.29) is 5.91 Å². The number of hydrogen-bond donors (Lipinski definition) is 0. The molecule has 0 aliphatic carbocycles. The molecule has 1 aliphatic heterocycles. The molecule has 1 saturated heterocycles. The molecule has 1 aromatic carbocycles. The SMILES string of the molecule is Cc1ccc(-n2ncc(C(=O)N3CCN(c4ccccn4)CC3)c2-n2cccc2)cc1. The normalized spacial score (nSPS) is 14.1. The zero-order valence-corrected chi connectivity index (χ0v) is 17.4. The molecule has 31 heavy (non-hydrogen) atoms. The monoisotopic (exact) mass is 412 g/mol. The highest BCUT2D eigenvalue weighted by Crippen LogP contribution is 2.23. The Labute approximate surface area is 181 Å². The summed E-state index contributed by atoms with van der Waals surface area (Å²) in [6.45, 7) is 4.87. The molecule has 5 rings (SSSR count). The molecule has 0 bridgehead atoms. The standard InChI is InChI=1S/C24H24N6O/c1-19-7-9-20(10-8-19)30-23(28-12-4-5-13-28)21(18-26-30)24(31)29-16-14-27(15-17-29)22-6-2-3-11-25-22/h2-13,18H,14-17H2,1H3. The van der Waals surface area contributed by atoms with Crippen LogP contribution in [0.3, 0.4) is 0 Å². The van der Waals surface area contributed by atoms with Crippen LogP contribution in [0.15, 0.2) is 79.4 Å². The fraction of sp³-hybridized carbons (Fsp3) is 0.208. The predicted octanol–water partition coefficient (Wildman–Crippen LogP) is 3.33. The number of hydrogen-bond acceptors (Lipinski definition) is 4. The van der Waals surface area contributed by atoms with Crippen molar-refractivity contribution >= 4 is 11.7 Å². The fourth-order valence-electron chi connectivity index (χ4n) is 3.94. The summed E-state index contributed by atoms with van der Waals surface area (Å²) in [6.07, 6.45) is 7.37. The second kappa shape index (κ2) is 8.10. The van der Waals surface area contributed by atoms with E-state index in [0.717, 1.165) is 30.4 Å². The second-order valence-electron chi connectivity index (χ2n) is 7.69. The molecule has 7 heteroatoms. The molecular formula is C24H24N6O. The fourth-order valence-corrected chi connectivity index (χ4v) is 3.94. The topological polar surface area (TPSA) is 59.2 Å². The highest BCUT2D eigenvalue weighted by molar-refractivity contribution is 5.97. The van der Waals surface area contributed by atoms with E-state index in [1.54, 1.807) is 12.4 Å². The number of aromatic nitrogens is 4. The Bertz CT molecular complexity index is 1160. The molecule has 4 aromatic rings. The van der Waals surface area contributed by atoms with Gasteiger partial charge < -0.3 is 14.4 Å². The van der Waals surface area contributed by atoms with Gasteiger partial charge in [0, 0.05) is 44.8 Å². The van der Waals surface area contributed by atoms with Gasteiger partial charge in [0.05, 0.1) is 11.9 Å². The number of benzene rings is 1. The van der Waals surface area contributed by atoms with Gasteiger partial charge in [0.25, 0.3) is 5.91 Å². The van der Waals surface area contributed by atoms with Crippen LogP contribution in [0, 0.1) is 6.92 Å². The largest absolute Gasteiger partial charge is 0.353 e. The van der Waals surface area contributed by atoms with E-state index in [2.05, 4.69) is 34.0 Å². The molecular weight excluding hydrogens is 388 g/mol. The summed E-state index contributed by atoms with van der Waals surface area (Å²) in [5.41, 5.74) is 2.71. The Morgan fingerprint density at radius 3 is 2.32 bits per heavy atom. The van der Waals surface area contributed by atoms with Crippen LogP contribution in [-0.2, 0) is 0 Å². The van der Waals surface area contributed by atoms with Crippen LogP contribution >= 0.6 is 0 Å². The average molecular weight is 412 g/mol. The molecule has 4 heterocycles. The Morgan fingerprint density at radius 2 is 1.65 bits per heavy atom. The van der Waals surface area contributed by atoms with Gasteiger partial charge in [-0.15, -0.1) is 0 Å². The molecule has 0 radical (unpaired) electrons. The van der Waals surface area contributed by atoms with Crippen LogP contribution in [0.25, 0.3) is 11.5 Å². The summed E-state index contributed by atoms with van der Waals surface area (Å²) in [5.74, 6) is 1.71. The zero-order valence-electron chi connectivity index (χ0n) is 17.4. The van der Waals surface area contributed by atoms with Gasteiger partial charge in [-0.2, -0.15) is 5.10 Å². The Kier molecular flexibility index (Phi) is 5.00. The number of pyridine rings is 1. The first-order chi connectivity index (χ1) is 15.2. The molecule has 0 spiro atoms.